The Morgan fingerprint density at radius 3 is 2.74 bits per heavy atom. The van der Waals surface area contributed by atoms with Crippen molar-refractivity contribution in [3.05, 3.63) is 54.2 Å². The molecule has 2 heterocycles. The van der Waals surface area contributed by atoms with Gasteiger partial charge in [0.2, 0.25) is 0 Å². The summed E-state index contributed by atoms with van der Waals surface area (Å²) in [6.45, 7) is 2.17. The second-order valence-corrected chi connectivity index (χ2v) is 4.70. The van der Waals surface area contributed by atoms with Crippen LogP contribution in [0.1, 0.15) is 24.2 Å². The minimum atomic E-state index is 0.355. The van der Waals surface area contributed by atoms with E-state index in [2.05, 4.69) is 34.2 Å². The van der Waals surface area contributed by atoms with Gasteiger partial charge in [0.15, 0.2) is 5.65 Å². The first-order valence-corrected chi connectivity index (χ1v) is 6.23. The lowest BCUT2D eigenvalue weighted by molar-refractivity contribution is 0.707. The van der Waals surface area contributed by atoms with Gasteiger partial charge in [-0.3, -0.25) is 4.40 Å². The normalized spacial score (nSPS) is 12.7. The molecule has 2 N–H and O–H groups in total. The minimum absolute atomic E-state index is 0.355. The van der Waals surface area contributed by atoms with E-state index in [0.717, 1.165) is 23.6 Å². The molecule has 0 aliphatic heterocycles. The Bertz CT molecular complexity index is 686. The molecule has 0 radical (unpaired) electrons. The van der Waals surface area contributed by atoms with Crippen molar-refractivity contribution in [3.8, 4) is 0 Å². The summed E-state index contributed by atoms with van der Waals surface area (Å²) in [7, 11) is 0. The van der Waals surface area contributed by atoms with Gasteiger partial charge < -0.3 is 5.73 Å². The molecule has 1 unspecified atom stereocenters. The second kappa shape index (κ2) is 4.68. The summed E-state index contributed by atoms with van der Waals surface area (Å²) in [5, 5.41) is 8.36. The maximum Gasteiger partial charge on any atom is 0.163 e. The van der Waals surface area contributed by atoms with Crippen LogP contribution in [0, 0.1) is 0 Å². The number of nitrogen functional groups attached to an aromatic ring is 1. The summed E-state index contributed by atoms with van der Waals surface area (Å²) >= 11 is 0. The van der Waals surface area contributed by atoms with Crippen LogP contribution in [-0.2, 0) is 6.42 Å². The van der Waals surface area contributed by atoms with Gasteiger partial charge in [0.05, 0.1) is 0 Å². The number of hydrogen-bond donors (Lipinski definition) is 1. The van der Waals surface area contributed by atoms with E-state index in [1.54, 1.807) is 12.5 Å². The molecule has 0 amide bonds. The summed E-state index contributed by atoms with van der Waals surface area (Å²) in [6.07, 6.45) is 4.29. The fourth-order valence-corrected chi connectivity index (χ4v) is 2.15. The molecule has 96 valence electrons. The molecule has 1 atom stereocenters. The van der Waals surface area contributed by atoms with Crippen LogP contribution in [0.5, 0.6) is 0 Å². The van der Waals surface area contributed by atoms with Gasteiger partial charge in [-0.25, -0.2) is 4.98 Å². The fraction of sp³-hybridized carbons (Fsp3) is 0.214. The molecule has 0 bridgehead atoms. The quantitative estimate of drug-likeness (QED) is 0.725. The van der Waals surface area contributed by atoms with Crippen molar-refractivity contribution >= 4 is 11.3 Å². The van der Waals surface area contributed by atoms with Gasteiger partial charge in [0.1, 0.15) is 12.2 Å². The maximum atomic E-state index is 5.70. The Balaban J connectivity index is 1.86. The van der Waals surface area contributed by atoms with Crippen molar-refractivity contribution in [2.24, 2.45) is 0 Å². The predicted molar refractivity (Wildman–Crippen MR) is 73.8 cm³/mol. The molecule has 19 heavy (non-hydrogen) atoms. The van der Waals surface area contributed by atoms with E-state index in [1.165, 1.54) is 5.56 Å². The lowest BCUT2D eigenvalue weighted by atomic mass is 9.97. The van der Waals surface area contributed by atoms with Crippen LogP contribution in [0.2, 0.25) is 0 Å². The number of hydrogen-bond acceptors (Lipinski definition) is 4. The van der Waals surface area contributed by atoms with Crippen molar-refractivity contribution in [2.75, 3.05) is 5.73 Å². The highest BCUT2D eigenvalue weighted by Gasteiger charge is 2.11. The molecule has 1 aromatic carbocycles. The van der Waals surface area contributed by atoms with Gasteiger partial charge in [-0.2, -0.15) is 0 Å². The zero-order valence-electron chi connectivity index (χ0n) is 10.7. The molecule has 5 nitrogen and oxygen atoms in total. The number of anilines is 1. The van der Waals surface area contributed by atoms with Crippen LogP contribution in [0.3, 0.4) is 0 Å². The van der Waals surface area contributed by atoms with E-state index in [9.17, 15) is 0 Å². The molecule has 3 aromatic rings. The molecule has 0 spiro atoms. The lowest BCUT2D eigenvalue weighted by Crippen LogP contribution is -2.03. The third kappa shape index (κ3) is 2.27. The van der Waals surface area contributed by atoms with Crippen LogP contribution >= 0.6 is 0 Å². The molecule has 0 fully saturated rings. The monoisotopic (exact) mass is 253 g/mol. The van der Waals surface area contributed by atoms with Crippen molar-refractivity contribution in [3.63, 3.8) is 0 Å². The van der Waals surface area contributed by atoms with E-state index >= 15 is 0 Å². The minimum Gasteiger partial charge on any atom is -0.399 e. The highest BCUT2D eigenvalue weighted by Crippen LogP contribution is 2.20. The van der Waals surface area contributed by atoms with Crippen molar-refractivity contribution in [1.82, 2.24) is 19.6 Å². The first kappa shape index (κ1) is 11.6. The zero-order valence-corrected chi connectivity index (χ0v) is 10.7. The van der Waals surface area contributed by atoms with E-state index in [0.29, 0.717) is 5.92 Å². The van der Waals surface area contributed by atoms with Gasteiger partial charge in [-0.05, 0) is 23.6 Å². The summed E-state index contributed by atoms with van der Waals surface area (Å²) in [6, 6.07) is 9.82. The maximum absolute atomic E-state index is 5.70. The summed E-state index contributed by atoms with van der Waals surface area (Å²) in [5.41, 5.74) is 8.56. The van der Waals surface area contributed by atoms with Gasteiger partial charge >= 0.3 is 0 Å². The Hall–Kier alpha value is -2.43. The van der Waals surface area contributed by atoms with E-state index in [-0.39, 0.29) is 0 Å². The van der Waals surface area contributed by atoms with Gasteiger partial charge in [-0.15, -0.1) is 10.2 Å². The van der Waals surface area contributed by atoms with Crippen LogP contribution in [0.15, 0.2) is 42.9 Å². The second-order valence-electron chi connectivity index (χ2n) is 4.70. The molecule has 2 aromatic heterocycles. The van der Waals surface area contributed by atoms with Crippen LogP contribution in [-0.4, -0.2) is 19.6 Å². The van der Waals surface area contributed by atoms with Gasteiger partial charge in [0.25, 0.3) is 0 Å². The van der Waals surface area contributed by atoms with Crippen LogP contribution in [0.4, 0.5) is 5.69 Å². The van der Waals surface area contributed by atoms with Crippen LogP contribution < -0.4 is 5.73 Å². The van der Waals surface area contributed by atoms with Gasteiger partial charge in [-0.1, -0.05) is 19.1 Å². The van der Waals surface area contributed by atoms with E-state index in [4.69, 9.17) is 5.73 Å². The number of nitrogens with two attached hydrogens (primary N) is 1. The number of rotatable bonds is 3. The molecule has 0 saturated heterocycles. The smallest absolute Gasteiger partial charge is 0.163 e. The average molecular weight is 253 g/mol. The first-order chi connectivity index (χ1) is 9.24. The predicted octanol–water partition coefficient (Wildman–Crippen LogP) is 2.05. The lowest BCUT2D eigenvalue weighted by Gasteiger charge is -2.10. The molecular formula is C14H15N5. The molecule has 0 aliphatic rings. The topological polar surface area (TPSA) is 69.1 Å². The molecular weight excluding hydrogens is 238 g/mol. The number of fused-ring (bicyclic) bond motifs is 1. The fourth-order valence-electron chi connectivity index (χ4n) is 2.15. The highest BCUT2D eigenvalue weighted by atomic mass is 15.3. The Kier molecular flexibility index (Phi) is 2.87. The highest BCUT2D eigenvalue weighted by molar-refractivity contribution is 5.40. The summed E-state index contributed by atoms with van der Waals surface area (Å²) in [5.74, 6) is 1.28. The molecule has 0 aliphatic carbocycles. The van der Waals surface area contributed by atoms with Crippen molar-refractivity contribution in [1.29, 1.82) is 0 Å². The van der Waals surface area contributed by atoms with E-state index in [1.807, 2.05) is 22.6 Å². The molecule has 5 heteroatoms. The Morgan fingerprint density at radius 1 is 1.16 bits per heavy atom. The summed E-state index contributed by atoms with van der Waals surface area (Å²) < 4.78 is 1.92. The SMILES string of the molecule is CC(Cc1nnc2ccncn12)c1ccc(N)cc1. The van der Waals surface area contributed by atoms with E-state index < -0.39 is 0 Å². The molecule has 3 rings (SSSR count). The Morgan fingerprint density at radius 2 is 1.95 bits per heavy atom. The number of nitrogens with zero attached hydrogens (tertiary/aromatic N) is 4. The Labute approximate surface area is 111 Å². The third-order valence-electron chi connectivity index (χ3n) is 3.28. The average Bonchev–Trinajstić information content (AvgIpc) is 2.83. The zero-order chi connectivity index (χ0) is 13.2. The third-order valence-corrected chi connectivity index (χ3v) is 3.28. The number of benzene rings is 1. The number of aromatic nitrogens is 4. The van der Waals surface area contributed by atoms with Gasteiger partial charge in [0, 0.05) is 24.4 Å². The largest absolute Gasteiger partial charge is 0.399 e. The van der Waals surface area contributed by atoms with Crippen molar-refractivity contribution in [2.45, 2.75) is 19.3 Å². The van der Waals surface area contributed by atoms with Crippen molar-refractivity contribution < 1.29 is 0 Å². The summed E-state index contributed by atoms with van der Waals surface area (Å²) in [4.78, 5) is 4.10. The first-order valence-electron chi connectivity index (χ1n) is 6.23. The standard InChI is InChI=1S/C14H15N5/c1-10(11-2-4-12(15)5-3-11)8-14-18-17-13-6-7-16-9-19(13)14/h2-7,9-10H,8,15H2,1H3. The molecule has 0 saturated carbocycles. The van der Waals surface area contributed by atoms with Crippen LogP contribution in [0.25, 0.3) is 5.65 Å².